The molecule has 72 valence electrons. The first-order valence-electron chi connectivity index (χ1n) is 4.95. The van der Waals surface area contributed by atoms with Crippen LogP contribution >= 0.6 is 11.5 Å². The summed E-state index contributed by atoms with van der Waals surface area (Å²) in [6, 6.07) is 1.92. The largest absolute Gasteiger partial charge is 0.388 e. The Kier molecular flexibility index (Phi) is 2.96. The van der Waals surface area contributed by atoms with E-state index in [1.54, 1.807) is 6.20 Å². The number of aliphatic hydroxyl groups is 1. The van der Waals surface area contributed by atoms with Gasteiger partial charge in [-0.25, -0.2) is 4.37 Å². The molecule has 1 N–H and O–H groups in total. The van der Waals surface area contributed by atoms with Crippen LogP contribution in [0.1, 0.15) is 43.1 Å². The molecule has 2 nitrogen and oxygen atoms in total. The number of nitrogens with zero attached hydrogens (tertiary/aromatic N) is 1. The minimum atomic E-state index is -0.268. The highest BCUT2D eigenvalue weighted by Gasteiger charge is 2.20. The fourth-order valence-corrected chi connectivity index (χ4v) is 2.66. The fraction of sp³-hybridized carbons (Fsp3) is 0.700. The predicted octanol–water partition coefficient (Wildman–Crippen LogP) is 2.76. The number of aromatic nitrogens is 1. The molecule has 0 spiro atoms. The molecular weight excluding hydrogens is 182 g/mol. The molecule has 1 aromatic heterocycles. The van der Waals surface area contributed by atoms with Crippen LogP contribution in [0.15, 0.2) is 12.3 Å². The summed E-state index contributed by atoms with van der Waals surface area (Å²) >= 11 is 1.41. The van der Waals surface area contributed by atoms with Crippen LogP contribution < -0.4 is 0 Å². The van der Waals surface area contributed by atoms with Crippen molar-refractivity contribution < 1.29 is 5.11 Å². The average Bonchev–Trinajstić information content (AvgIpc) is 2.74. The van der Waals surface area contributed by atoms with Crippen molar-refractivity contribution in [3.05, 3.63) is 17.1 Å². The summed E-state index contributed by atoms with van der Waals surface area (Å²) in [5.41, 5.74) is 0. The zero-order valence-electron chi connectivity index (χ0n) is 7.65. The second kappa shape index (κ2) is 4.20. The molecule has 0 aromatic carbocycles. The van der Waals surface area contributed by atoms with Crippen LogP contribution in [-0.4, -0.2) is 9.48 Å². The summed E-state index contributed by atoms with van der Waals surface area (Å²) in [4.78, 5) is 1.02. The molecule has 0 radical (unpaired) electrons. The lowest BCUT2D eigenvalue weighted by atomic mass is 9.99. The Balaban J connectivity index is 1.87. The van der Waals surface area contributed by atoms with Crippen molar-refractivity contribution in [2.45, 2.75) is 38.2 Å². The molecule has 0 saturated heterocycles. The molecule has 1 fully saturated rings. The molecule has 1 aromatic rings. The van der Waals surface area contributed by atoms with Gasteiger partial charge in [0, 0.05) is 6.20 Å². The van der Waals surface area contributed by atoms with Crippen LogP contribution in [0, 0.1) is 5.92 Å². The normalized spacial score (nSPS) is 20.7. The quantitative estimate of drug-likeness (QED) is 0.808. The van der Waals surface area contributed by atoms with Crippen molar-refractivity contribution in [3.63, 3.8) is 0 Å². The smallest absolute Gasteiger partial charge is 0.0900 e. The van der Waals surface area contributed by atoms with Crippen LogP contribution in [0.3, 0.4) is 0 Å². The van der Waals surface area contributed by atoms with Crippen molar-refractivity contribution in [3.8, 4) is 0 Å². The van der Waals surface area contributed by atoms with E-state index < -0.39 is 0 Å². The number of hydrogen-bond donors (Lipinski definition) is 1. The van der Waals surface area contributed by atoms with E-state index in [4.69, 9.17) is 0 Å². The SMILES string of the molecule is OC(CC1CCCC1)c1ccns1. The molecule has 1 atom stereocenters. The predicted molar refractivity (Wildman–Crippen MR) is 53.6 cm³/mol. The van der Waals surface area contributed by atoms with E-state index >= 15 is 0 Å². The molecule has 1 heterocycles. The minimum absolute atomic E-state index is 0.268. The van der Waals surface area contributed by atoms with Crippen LogP contribution in [0.5, 0.6) is 0 Å². The maximum Gasteiger partial charge on any atom is 0.0900 e. The topological polar surface area (TPSA) is 33.1 Å². The van der Waals surface area contributed by atoms with Gasteiger partial charge in [-0.05, 0) is 29.9 Å². The minimum Gasteiger partial charge on any atom is -0.388 e. The molecule has 1 saturated carbocycles. The first-order chi connectivity index (χ1) is 6.36. The Morgan fingerprint density at radius 1 is 1.54 bits per heavy atom. The van der Waals surface area contributed by atoms with Crippen LogP contribution in [0.25, 0.3) is 0 Å². The average molecular weight is 197 g/mol. The summed E-state index contributed by atoms with van der Waals surface area (Å²) in [5.74, 6) is 0.747. The monoisotopic (exact) mass is 197 g/mol. The van der Waals surface area contributed by atoms with Gasteiger partial charge in [-0.2, -0.15) is 0 Å². The number of hydrogen-bond acceptors (Lipinski definition) is 3. The highest BCUT2D eigenvalue weighted by atomic mass is 32.1. The lowest BCUT2D eigenvalue weighted by Crippen LogP contribution is -2.02. The zero-order chi connectivity index (χ0) is 9.10. The maximum atomic E-state index is 9.84. The molecule has 0 aliphatic heterocycles. The standard InChI is InChI=1S/C10H15NOS/c12-9(10-5-6-11-13-10)7-8-3-1-2-4-8/h5-6,8-9,12H,1-4,7H2. The summed E-state index contributed by atoms with van der Waals surface area (Å²) < 4.78 is 4.00. The highest BCUT2D eigenvalue weighted by molar-refractivity contribution is 7.05. The Hall–Kier alpha value is -0.410. The van der Waals surface area contributed by atoms with E-state index in [-0.39, 0.29) is 6.10 Å². The van der Waals surface area contributed by atoms with Gasteiger partial charge in [0.25, 0.3) is 0 Å². The molecule has 2 rings (SSSR count). The van der Waals surface area contributed by atoms with Gasteiger partial charge in [-0.1, -0.05) is 25.7 Å². The van der Waals surface area contributed by atoms with Gasteiger partial charge in [0.05, 0.1) is 11.0 Å². The van der Waals surface area contributed by atoms with Crippen molar-refractivity contribution in [1.29, 1.82) is 0 Å². The third-order valence-electron chi connectivity index (χ3n) is 2.82. The first kappa shape index (κ1) is 9.16. The van der Waals surface area contributed by atoms with E-state index in [0.717, 1.165) is 17.2 Å². The Morgan fingerprint density at radius 3 is 2.92 bits per heavy atom. The fourth-order valence-electron chi connectivity index (χ4n) is 2.08. The van der Waals surface area contributed by atoms with E-state index in [9.17, 15) is 5.11 Å². The van der Waals surface area contributed by atoms with Crippen LogP contribution in [0.4, 0.5) is 0 Å². The first-order valence-corrected chi connectivity index (χ1v) is 5.72. The van der Waals surface area contributed by atoms with Crippen LogP contribution in [0.2, 0.25) is 0 Å². The zero-order valence-corrected chi connectivity index (χ0v) is 8.46. The van der Waals surface area contributed by atoms with Crippen molar-refractivity contribution >= 4 is 11.5 Å². The third-order valence-corrected chi connectivity index (χ3v) is 3.66. The molecular formula is C10H15NOS. The van der Waals surface area contributed by atoms with Gasteiger partial charge in [-0.3, -0.25) is 0 Å². The summed E-state index contributed by atoms with van der Waals surface area (Å²) in [6.07, 6.45) is 7.72. The second-order valence-corrected chi connectivity index (χ2v) is 4.68. The van der Waals surface area contributed by atoms with Gasteiger partial charge in [0.1, 0.15) is 0 Å². The summed E-state index contributed by atoms with van der Waals surface area (Å²) in [5, 5.41) is 9.84. The van der Waals surface area contributed by atoms with Gasteiger partial charge in [-0.15, -0.1) is 0 Å². The Labute approximate surface area is 82.8 Å². The van der Waals surface area contributed by atoms with Crippen LogP contribution in [-0.2, 0) is 0 Å². The molecule has 3 heteroatoms. The second-order valence-electron chi connectivity index (χ2n) is 3.82. The highest BCUT2D eigenvalue weighted by Crippen LogP contribution is 2.33. The van der Waals surface area contributed by atoms with Gasteiger partial charge < -0.3 is 5.11 Å². The van der Waals surface area contributed by atoms with Gasteiger partial charge in [0.15, 0.2) is 0 Å². The molecule has 0 bridgehead atoms. The van der Waals surface area contributed by atoms with Crippen molar-refractivity contribution in [2.75, 3.05) is 0 Å². The van der Waals surface area contributed by atoms with Gasteiger partial charge >= 0.3 is 0 Å². The molecule has 1 aliphatic carbocycles. The van der Waals surface area contributed by atoms with E-state index in [2.05, 4.69) is 4.37 Å². The lowest BCUT2D eigenvalue weighted by molar-refractivity contribution is 0.148. The summed E-state index contributed by atoms with van der Waals surface area (Å²) in [7, 11) is 0. The van der Waals surface area contributed by atoms with E-state index in [0.29, 0.717) is 0 Å². The maximum absolute atomic E-state index is 9.84. The van der Waals surface area contributed by atoms with E-state index in [1.165, 1.54) is 37.2 Å². The number of rotatable bonds is 3. The molecule has 0 amide bonds. The van der Waals surface area contributed by atoms with E-state index in [1.807, 2.05) is 6.07 Å². The molecule has 1 aliphatic rings. The molecule has 1 unspecified atom stereocenters. The van der Waals surface area contributed by atoms with Crippen molar-refractivity contribution in [2.24, 2.45) is 5.92 Å². The lowest BCUT2D eigenvalue weighted by Gasteiger charge is -2.12. The van der Waals surface area contributed by atoms with Gasteiger partial charge in [0.2, 0.25) is 0 Å². The Bertz CT molecular complexity index is 241. The molecule has 13 heavy (non-hydrogen) atoms. The third kappa shape index (κ3) is 2.29. The Morgan fingerprint density at radius 2 is 2.31 bits per heavy atom. The van der Waals surface area contributed by atoms with Crippen molar-refractivity contribution in [1.82, 2.24) is 4.37 Å². The summed E-state index contributed by atoms with van der Waals surface area (Å²) in [6.45, 7) is 0. The number of aliphatic hydroxyl groups excluding tert-OH is 1.